The van der Waals surface area contributed by atoms with Gasteiger partial charge >= 0.3 is 0 Å². The summed E-state index contributed by atoms with van der Waals surface area (Å²) in [6.07, 6.45) is 3.26. The van der Waals surface area contributed by atoms with Crippen LogP contribution in [-0.4, -0.2) is 38.7 Å². The third kappa shape index (κ3) is 4.67. The van der Waals surface area contributed by atoms with Gasteiger partial charge in [-0.1, -0.05) is 31.0 Å². The lowest BCUT2D eigenvalue weighted by Crippen LogP contribution is -2.42. The number of carbonyl (C=O) groups excluding carboxylic acids is 1. The first-order chi connectivity index (χ1) is 15.4. The SMILES string of the molecule is COC1=C(c2cc(NS(=O)(=O)C3CCCC3)ccc2Oc2ccccc2)N(C)NC(=O)C1. The Bertz CT molecular complexity index is 1130. The number of hydrogen-bond acceptors (Lipinski definition) is 6. The number of anilines is 1. The van der Waals surface area contributed by atoms with Gasteiger partial charge in [0.05, 0.1) is 18.8 Å². The van der Waals surface area contributed by atoms with Gasteiger partial charge in [0, 0.05) is 18.3 Å². The number of ether oxygens (including phenoxy) is 2. The first kappa shape index (κ1) is 22.0. The molecule has 2 aliphatic rings. The summed E-state index contributed by atoms with van der Waals surface area (Å²) in [5.41, 5.74) is 4.38. The predicted octanol–water partition coefficient (Wildman–Crippen LogP) is 3.84. The number of rotatable bonds is 7. The quantitative estimate of drug-likeness (QED) is 0.656. The van der Waals surface area contributed by atoms with Gasteiger partial charge in [0.1, 0.15) is 23.0 Å². The van der Waals surface area contributed by atoms with Crippen molar-refractivity contribution in [2.45, 2.75) is 37.4 Å². The van der Waals surface area contributed by atoms with Gasteiger partial charge in [-0.3, -0.25) is 20.0 Å². The predicted molar refractivity (Wildman–Crippen MR) is 122 cm³/mol. The van der Waals surface area contributed by atoms with Crippen LogP contribution in [0, 0.1) is 0 Å². The second-order valence-electron chi connectivity index (χ2n) is 7.93. The molecule has 8 nitrogen and oxygen atoms in total. The fourth-order valence-electron chi connectivity index (χ4n) is 4.13. The van der Waals surface area contributed by atoms with Crippen LogP contribution in [0.3, 0.4) is 0 Å². The van der Waals surface area contributed by atoms with E-state index in [1.807, 2.05) is 30.3 Å². The van der Waals surface area contributed by atoms with Crippen molar-refractivity contribution in [3.8, 4) is 11.5 Å². The maximum absolute atomic E-state index is 12.8. The Balaban J connectivity index is 1.77. The van der Waals surface area contributed by atoms with Crippen molar-refractivity contribution in [3.05, 3.63) is 59.9 Å². The average molecular weight is 458 g/mol. The number of carbonyl (C=O) groups is 1. The van der Waals surface area contributed by atoms with Crippen LogP contribution in [0.25, 0.3) is 5.70 Å². The lowest BCUT2D eigenvalue weighted by Gasteiger charge is -2.31. The highest BCUT2D eigenvalue weighted by atomic mass is 32.2. The van der Waals surface area contributed by atoms with Crippen LogP contribution in [0.4, 0.5) is 5.69 Å². The van der Waals surface area contributed by atoms with E-state index in [9.17, 15) is 13.2 Å². The second-order valence-corrected chi connectivity index (χ2v) is 9.89. The van der Waals surface area contributed by atoms with Crippen molar-refractivity contribution < 1.29 is 22.7 Å². The molecule has 0 spiro atoms. The van der Waals surface area contributed by atoms with E-state index in [0.717, 1.165) is 12.8 Å². The summed E-state index contributed by atoms with van der Waals surface area (Å²) in [4.78, 5) is 12.0. The first-order valence-corrected chi connectivity index (χ1v) is 12.1. The molecule has 0 radical (unpaired) electrons. The highest BCUT2D eigenvalue weighted by molar-refractivity contribution is 7.93. The number of hydrogen-bond donors (Lipinski definition) is 2. The molecule has 0 saturated heterocycles. The number of para-hydroxylation sites is 1. The van der Waals surface area contributed by atoms with Crippen molar-refractivity contribution >= 4 is 27.3 Å². The lowest BCUT2D eigenvalue weighted by molar-refractivity contribution is -0.125. The van der Waals surface area contributed by atoms with E-state index >= 15 is 0 Å². The normalized spacial score (nSPS) is 17.3. The highest BCUT2D eigenvalue weighted by Gasteiger charge is 2.30. The molecule has 1 heterocycles. The van der Waals surface area contributed by atoms with Gasteiger partial charge in [0.15, 0.2) is 0 Å². The zero-order chi connectivity index (χ0) is 22.7. The molecule has 1 saturated carbocycles. The smallest absolute Gasteiger partial charge is 0.246 e. The number of nitrogens with zero attached hydrogens (tertiary/aromatic N) is 1. The summed E-state index contributed by atoms with van der Waals surface area (Å²) >= 11 is 0. The summed E-state index contributed by atoms with van der Waals surface area (Å²) < 4.78 is 40.0. The largest absolute Gasteiger partial charge is 0.498 e. The van der Waals surface area contributed by atoms with Crippen molar-refractivity contribution in [2.24, 2.45) is 0 Å². The standard InChI is InChI=1S/C23H27N3O5S/c1-26-23(21(30-2)15-22(27)24-26)19-14-16(25-32(28,29)18-10-6-7-11-18)12-13-20(19)31-17-8-4-3-5-9-17/h3-5,8-9,12-14,18,25H,6-7,10-11,15H2,1-2H3,(H,24,27). The van der Waals surface area contributed by atoms with Crippen molar-refractivity contribution in [1.82, 2.24) is 10.4 Å². The molecule has 2 aromatic rings. The summed E-state index contributed by atoms with van der Waals surface area (Å²) in [5, 5.41) is 1.18. The number of amides is 1. The zero-order valence-corrected chi connectivity index (χ0v) is 18.9. The summed E-state index contributed by atoms with van der Waals surface area (Å²) in [5.74, 6) is 1.41. The van der Waals surface area contributed by atoms with Gasteiger partial charge in [-0.25, -0.2) is 8.42 Å². The maximum Gasteiger partial charge on any atom is 0.246 e. The van der Waals surface area contributed by atoms with E-state index in [0.29, 0.717) is 47.0 Å². The van der Waals surface area contributed by atoms with Crippen LogP contribution in [0.2, 0.25) is 0 Å². The summed E-state index contributed by atoms with van der Waals surface area (Å²) in [6.45, 7) is 0. The Hall–Kier alpha value is -3.20. The number of sulfonamides is 1. The van der Waals surface area contributed by atoms with E-state index < -0.39 is 10.0 Å². The molecular formula is C23H27N3O5S. The molecule has 0 aromatic heterocycles. The molecule has 1 aliphatic heterocycles. The molecule has 0 unspecified atom stereocenters. The minimum absolute atomic E-state index is 0.0684. The second kappa shape index (κ2) is 9.12. The molecule has 2 aromatic carbocycles. The van der Waals surface area contributed by atoms with E-state index in [4.69, 9.17) is 9.47 Å². The Morgan fingerprint density at radius 3 is 2.50 bits per heavy atom. The van der Waals surface area contributed by atoms with Gasteiger partial charge < -0.3 is 9.47 Å². The number of hydrazine groups is 1. The number of methoxy groups -OCH3 is 1. The topological polar surface area (TPSA) is 97.0 Å². The van der Waals surface area contributed by atoms with E-state index in [-0.39, 0.29) is 17.6 Å². The molecule has 0 bridgehead atoms. The minimum atomic E-state index is -3.50. The lowest BCUT2D eigenvalue weighted by atomic mass is 10.1. The molecule has 2 N–H and O–H groups in total. The highest BCUT2D eigenvalue weighted by Crippen LogP contribution is 2.37. The first-order valence-electron chi connectivity index (χ1n) is 10.6. The van der Waals surface area contributed by atoms with Crippen molar-refractivity contribution in [2.75, 3.05) is 18.9 Å². The third-order valence-electron chi connectivity index (χ3n) is 5.67. The molecule has 9 heteroatoms. The number of benzene rings is 2. The van der Waals surface area contributed by atoms with Crippen molar-refractivity contribution in [1.29, 1.82) is 0 Å². The van der Waals surface area contributed by atoms with Gasteiger partial charge in [0.2, 0.25) is 15.9 Å². The Morgan fingerprint density at radius 2 is 1.81 bits per heavy atom. The molecule has 1 amide bonds. The van der Waals surface area contributed by atoms with Crippen molar-refractivity contribution in [3.63, 3.8) is 0 Å². The van der Waals surface area contributed by atoms with E-state index in [2.05, 4.69) is 10.1 Å². The van der Waals surface area contributed by atoms with E-state index in [1.165, 1.54) is 7.11 Å². The van der Waals surface area contributed by atoms with Gasteiger partial charge in [-0.05, 0) is 43.2 Å². The molecule has 170 valence electrons. The zero-order valence-electron chi connectivity index (χ0n) is 18.1. The monoisotopic (exact) mass is 457 g/mol. The Morgan fingerprint density at radius 1 is 1.09 bits per heavy atom. The summed E-state index contributed by atoms with van der Waals surface area (Å²) in [7, 11) is -0.288. The fraction of sp³-hybridized carbons (Fsp3) is 0.348. The summed E-state index contributed by atoms with van der Waals surface area (Å²) in [6, 6.07) is 14.4. The van der Waals surface area contributed by atoms with Gasteiger partial charge in [-0.15, -0.1) is 0 Å². The van der Waals surface area contributed by atoms with Crippen LogP contribution in [0.1, 0.15) is 37.7 Å². The maximum atomic E-state index is 12.8. The molecule has 1 fully saturated rings. The van der Waals surface area contributed by atoms with Crippen LogP contribution >= 0.6 is 0 Å². The third-order valence-corrected chi connectivity index (χ3v) is 7.54. The van der Waals surface area contributed by atoms with Crippen LogP contribution in [-0.2, 0) is 19.6 Å². The fourth-order valence-corrected chi connectivity index (χ4v) is 5.70. The van der Waals surface area contributed by atoms with Crippen LogP contribution in [0.5, 0.6) is 11.5 Å². The van der Waals surface area contributed by atoms with Crippen LogP contribution in [0.15, 0.2) is 54.3 Å². The van der Waals surface area contributed by atoms with Gasteiger partial charge in [-0.2, -0.15) is 0 Å². The molecule has 1 aliphatic carbocycles. The molecule has 4 rings (SSSR count). The molecular weight excluding hydrogens is 430 g/mol. The van der Waals surface area contributed by atoms with Crippen LogP contribution < -0.4 is 14.9 Å². The molecule has 0 atom stereocenters. The minimum Gasteiger partial charge on any atom is -0.498 e. The van der Waals surface area contributed by atoms with Gasteiger partial charge in [0.25, 0.3) is 0 Å². The number of nitrogens with one attached hydrogen (secondary N) is 2. The van der Waals surface area contributed by atoms with E-state index in [1.54, 1.807) is 30.3 Å². The Labute approximate surface area is 188 Å². The Kier molecular flexibility index (Phi) is 6.27. The average Bonchev–Trinajstić information content (AvgIpc) is 3.31. The molecule has 32 heavy (non-hydrogen) atoms.